The predicted molar refractivity (Wildman–Crippen MR) is 180 cm³/mol. The van der Waals surface area contributed by atoms with E-state index in [4.69, 9.17) is 0 Å². The number of aliphatic hydroxyl groups excluding tert-OH is 1. The van der Waals surface area contributed by atoms with Gasteiger partial charge in [-0.3, -0.25) is 9.59 Å². The fourth-order valence-electron chi connectivity index (χ4n) is 11.9. The molecule has 0 aromatic carbocycles. The molecule has 0 bridgehead atoms. The van der Waals surface area contributed by atoms with Crippen LogP contribution in [0.3, 0.4) is 0 Å². The van der Waals surface area contributed by atoms with Gasteiger partial charge in [0.2, 0.25) is 11.8 Å². The third kappa shape index (κ3) is 5.05. The summed E-state index contributed by atoms with van der Waals surface area (Å²) >= 11 is 0. The van der Waals surface area contributed by atoms with Gasteiger partial charge in [0.1, 0.15) is 0 Å². The van der Waals surface area contributed by atoms with Crippen LogP contribution in [0.4, 0.5) is 0 Å². The van der Waals surface area contributed by atoms with Gasteiger partial charge in [0.25, 0.3) is 0 Å². The molecule has 0 aromatic heterocycles. The minimum Gasteiger partial charge on any atom is -0.393 e. The Morgan fingerprint density at radius 1 is 1.00 bits per heavy atom. The van der Waals surface area contributed by atoms with E-state index >= 15 is 0 Å². The molecule has 5 rings (SSSR count). The van der Waals surface area contributed by atoms with Crippen LogP contribution in [-0.4, -0.2) is 47.6 Å². The van der Waals surface area contributed by atoms with Gasteiger partial charge < -0.3 is 15.3 Å². The molecule has 0 spiro atoms. The molecule has 0 aromatic rings. The van der Waals surface area contributed by atoms with E-state index < -0.39 is 5.41 Å². The van der Waals surface area contributed by atoms with Gasteiger partial charge in [-0.05, 0) is 115 Å². The normalized spacial score (nSPS) is 42.0. The zero-order valence-corrected chi connectivity index (χ0v) is 29.5. The zero-order valence-electron chi connectivity index (χ0n) is 29.5. The quantitative estimate of drug-likeness (QED) is 0.216. The maximum absolute atomic E-state index is 14.9. The SMILES string of the molecule is C=CCN(CC(=O)NCCCC)C(=O)[C@]12CCC(C)(C)C[C@H]1C1=CC[C@@H]3[C@@]4(C)CC[C@H](O)C(C)(C)[C@@H]4CC[C@@]3(C)[C@]1(C)CC2. The standard InChI is InChI=1S/C39H64N2O3/c1-10-12-23-40-32(43)26-41(24-11-2)33(44)39-21-19-34(3,4)25-28(39)27-13-14-30-36(7)17-16-31(42)35(5,6)29(36)15-18-38(30,9)37(27,8)20-22-39/h11,13,28-31,42H,2,10,12,14-26H2,1,3-9H3,(H,40,43)/t28-,29-,30+,31-,36-,37+,38+,39-/m0/s1. The molecular weight excluding hydrogens is 544 g/mol. The first kappa shape index (κ1) is 33.7. The van der Waals surface area contributed by atoms with Crippen LogP contribution in [0.25, 0.3) is 0 Å². The first-order valence-corrected chi connectivity index (χ1v) is 18.1. The molecule has 5 aliphatic rings. The van der Waals surface area contributed by atoms with Gasteiger partial charge >= 0.3 is 0 Å². The number of amides is 2. The Kier molecular flexibility index (Phi) is 8.87. The summed E-state index contributed by atoms with van der Waals surface area (Å²) in [7, 11) is 0. The molecule has 0 heterocycles. The Morgan fingerprint density at radius 2 is 1.70 bits per heavy atom. The maximum atomic E-state index is 14.9. The molecule has 248 valence electrons. The predicted octanol–water partition coefficient (Wildman–Crippen LogP) is 8.08. The van der Waals surface area contributed by atoms with Crippen LogP contribution in [-0.2, 0) is 9.59 Å². The molecule has 5 heteroatoms. The molecule has 0 aliphatic heterocycles. The summed E-state index contributed by atoms with van der Waals surface area (Å²) in [5.41, 5.74) is 1.66. The number of allylic oxidation sites excluding steroid dienone is 2. The Morgan fingerprint density at radius 3 is 2.39 bits per heavy atom. The van der Waals surface area contributed by atoms with E-state index in [1.807, 2.05) is 4.90 Å². The van der Waals surface area contributed by atoms with Gasteiger partial charge in [-0.25, -0.2) is 0 Å². The molecule has 4 saturated carbocycles. The van der Waals surface area contributed by atoms with Crippen molar-refractivity contribution < 1.29 is 14.7 Å². The summed E-state index contributed by atoms with van der Waals surface area (Å²) < 4.78 is 0. The van der Waals surface area contributed by atoms with Gasteiger partial charge in [-0.15, -0.1) is 6.58 Å². The van der Waals surface area contributed by atoms with E-state index in [9.17, 15) is 14.7 Å². The molecule has 2 N–H and O–H groups in total. The second-order valence-corrected chi connectivity index (χ2v) is 17.9. The number of unbranched alkanes of at least 4 members (excludes halogenated alkanes) is 1. The first-order chi connectivity index (χ1) is 20.5. The first-order valence-electron chi connectivity index (χ1n) is 18.1. The minimum atomic E-state index is -0.450. The molecule has 8 atom stereocenters. The number of hydrogen-bond acceptors (Lipinski definition) is 3. The van der Waals surface area contributed by atoms with Crippen molar-refractivity contribution >= 4 is 11.8 Å². The van der Waals surface area contributed by atoms with E-state index in [1.54, 1.807) is 11.6 Å². The van der Waals surface area contributed by atoms with Crippen molar-refractivity contribution in [2.45, 2.75) is 139 Å². The average Bonchev–Trinajstić information content (AvgIpc) is 2.95. The van der Waals surface area contributed by atoms with Crippen molar-refractivity contribution in [3.8, 4) is 0 Å². The zero-order chi connectivity index (χ0) is 32.3. The van der Waals surface area contributed by atoms with E-state index in [2.05, 4.69) is 73.4 Å². The van der Waals surface area contributed by atoms with Crippen molar-refractivity contribution in [1.29, 1.82) is 0 Å². The largest absolute Gasteiger partial charge is 0.393 e. The maximum Gasteiger partial charge on any atom is 0.239 e. The van der Waals surface area contributed by atoms with Gasteiger partial charge in [-0.1, -0.05) is 79.5 Å². The summed E-state index contributed by atoms with van der Waals surface area (Å²) in [6, 6.07) is 0. The van der Waals surface area contributed by atoms with Crippen molar-refractivity contribution in [2.24, 2.45) is 50.2 Å². The molecule has 4 fully saturated rings. The fourth-order valence-corrected chi connectivity index (χ4v) is 11.9. The number of hydrogen-bond donors (Lipinski definition) is 2. The van der Waals surface area contributed by atoms with Crippen molar-refractivity contribution in [1.82, 2.24) is 10.2 Å². The molecular formula is C39H64N2O3. The molecule has 0 unspecified atom stereocenters. The highest BCUT2D eigenvalue weighted by atomic mass is 16.3. The molecule has 5 nitrogen and oxygen atoms in total. The molecule has 0 saturated heterocycles. The second kappa shape index (κ2) is 11.6. The highest BCUT2D eigenvalue weighted by Crippen LogP contribution is 2.75. The van der Waals surface area contributed by atoms with Crippen LogP contribution >= 0.6 is 0 Å². The van der Waals surface area contributed by atoms with Gasteiger partial charge in [0.05, 0.1) is 18.1 Å². The monoisotopic (exact) mass is 608 g/mol. The smallest absolute Gasteiger partial charge is 0.239 e. The lowest BCUT2D eigenvalue weighted by atomic mass is 9.33. The van der Waals surface area contributed by atoms with E-state index in [1.165, 1.54) is 12.8 Å². The summed E-state index contributed by atoms with van der Waals surface area (Å²) in [5.74, 6) is 1.44. The lowest BCUT2D eigenvalue weighted by Gasteiger charge is -2.71. The Labute approximate surface area is 269 Å². The van der Waals surface area contributed by atoms with Gasteiger partial charge in [0.15, 0.2) is 0 Å². The fraction of sp³-hybridized carbons (Fsp3) is 0.846. The van der Waals surface area contributed by atoms with Gasteiger partial charge in [0, 0.05) is 13.1 Å². The third-order valence-electron chi connectivity index (χ3n) is 14.9. The number of aliphatic hydroxyl groups is 1. The minimum absolute atomic E-state index is 0.0484. The third-order valence-corrected chi connectivity index (χ3v) is 14.9. The number of carbonyl (C=O) groups excluding carboxylic acids is 2. The van der Waals surface area contributed by atoms with Crippen molar-refractivity contribution in [3.63, 3.8) is 0 Å². The van der Waals surface area contributed by atoms with Crippen LogP contribution in [0.5, 0.6) is 0 Å². The molecule has 44 heavy (non-hydrogen) atoms. The number of rotatable bonds is 8. The van der Waals surface area contributed by atoms with E-state index in [0.717, 1.165) is 64.2 Å². The van der Waals surface area contributed by atoms with Crippen LogP contribution < -0.4 is 5.32 Å². The topological polar surface area (TPSA) is 69.6 Å². The Balaban J connectivity index is 1.51. The van der Waals surface area contributed by atoms with Crippen LogP contribution in [0.15, 0.2) is 24.3 Å². The molecule has 5 aliphatic carbocycles. The lowest BCUT2D eigenvalue weighted by molar-refractivity contribution is -0.204. The number of nitrogens with one attached hydrogen (secondary N) is 1. The van der Waals surface area contributed by atoms with E-state index in [0.29, 0.717) is 24.9 Å². The van der Waals surface area contributed by atoms with Crippen LogP contribution in [0, 0.1) is 50.2 Å². The number of fused-ring (bicyclic) bond motifs is 7. The summed E-state index contributed by atoms with van der Waals surface area (Å²) in [6.07, 6.45) is 16.6. The lowest BCUT2D eigenvalue weighted by Crippen LogP contribution is -2.65. The van der Waals surface area contributed by atoms with Gasteiger partial charge in [-0.2, -0.15) is 0 Å². The Hall–Kier alpha value is -1.62. The summed E-state index contributed by atoms with van der Waals surface area (Å²) in [5, 5.41) is 14.1. The molecule has 2 amide bonds. The van der Waals surface area contributed by atoms with E-state index in [-0.39, 0.29) is 57.5 Å². The summed E-state index contributed by atoms with van der Waals surface area (Å²) in [4.78, 5) is 29.6. The highest BCUT2D eigenvalue weighted by Gasteiger charge is 2.69. The average molecular weight is 609 g/mol. The van der Waals surface area contributed by atoms with Crippen molar-refractivity contribution in [2.75, 3.05) is 19.6 Å². The van der Waals surface area contributed by atoms with Crippen LogP contribution in [0.2, 0.25) is 0 Å². The number of nitrogens with zero attached hydrogens (tertiary/aromatic N) is 1. The highest BCUT2D eigenvalue weighted by molar-refractivity contribution is 5.89. The molecule has 0 radical (unpaired) electrons. The summed E-state index contributed by atoms with van der Waals surface area (Å²) in [6.45, 7) is 24.4. The van der Waals surface area contributed by atoms with Crippen LogP contribution in [0.1, 0.15) is 132 Å². The van der Waals surface area contributed by atoms with Crippen molar-refractivity contribution in [3.05, 3.63) is 24.3 Å². The number of carbonyl (C=O) groups is 2. The second-order valence-electron chi connectivity index (χ2n) is 17.9. The Bertz CT molecular complexity index is 1170.